The van der Waals surface area contributed by atoms with Crippen molar-refractivity contribution >= 4 is 11.9 Å². The Morgan fingerprint density at radius 3 is 1.56 bits per heavy atom. The molecule has 0 bridgehead atoms. The van der Waals surface area contributed by atoms with Crippen LogP contribution in [-0.4, -0.2) is 97.3 Å². The second-order valence-corrected chi connectivity index (χ2v) is 11.9. The molecule has 0 aromatic heterocycles. The first-order valence-corrected chi connectivity index (χ1v) is 15.5. The number of unbranched alkanes of at least 4 members (excludes halogenated alkanes) is 4. The molecule has 0 amide bonds. The van der Waals surface area contributed by atoms with Crippen LogP contribution < -0.4 is 0 Å². The molecule has 2 N–H and O–H groups in total. The maximum atomic E-state index is 14.6. The van der Waals surface area contributed by atoms with Gasteiger partial charge in [0.05, 0.1) is 25.4 Å². The van der Waals surface area contributed by atoms with Crippen molar-refractivity contribution in [2.24, 2.45) is 11.8 Å². The average Bonchev–Trinajstić information content (AvgIpc) is 3.03. The number of carbonyl (C=O) groups excluding carboxylic acids is 2. The quantitative estimate of drug-likeness (QED) is 0.0382. The predicted octanol–water partition coefficient (Wildman–Crippen LogP) is 7.78. The molecule has 0 aliphatic carbocycles. The van der Waals surface area contributed by atoms with Gasteiger partial charge in [-0.3, -0.25) is 0 Å². The highest BCUT2D eigenvalue weighted by Crippen LogP contribution is 2.61. The van der Waals surface area contributed by atoms with Crippen LogP contribution in [0.15, 0.2) is 24.3 Å². The smallest absolute Gasteiger partial charge is 0.384 e. The normalized spacial score (nSPS) is 14.1. The monoisotopic (exact) mass is 756 g/mol. The van der Waals surface area contributed by atoms with Crippen LogP contribution in [0.25, 0.3) is 0 Å². The molecule has 0 saturated heterocycles. The van der Waals surface area contributed by atoms with Crippen LogP contribution in [0.2, 0.25) is 0 Å². The zero-order chi connectivity index (χ0) is 39.2. The van der Waals surface area contributed by atoms with E-state index in [1.807, 2.05) is 0 Å². The fourth-order valence-electron chi connectivity index (χ4n) is 4.08. The maximum Gasteiger partial charge on any atom is 0.384 e. The molecule has 0 aromatic carbocycles. The van der Waals surface area contributed by atoms with Crippen molar-refractivity contribution in [1.29, 1.82) is 0 Å². The van der Waals surface area contributed by atoms with Crippen molar-refractivity contribution in [3.8, 4) is 0 Å². The minimum atomic E-state index is -7.72. The summed E-state index contributed by atoms with van der Waals surface area (Å²) >= 11 is 0. The Bertz CT molecular complexity index is 1100. The molecule has 294 valence electrons. The predicted molar refractivity (Wildman–Crippen MR) is 155 cm³/mol. The van der Waals surface area contributed by atoms with Gasteiger partial charge in [-0.25, -0.2) is 9.59 Å². The molecular formula is C31H44F12O7. The largest absolute Gasteiger partial charge is 0.462 e. The number of halogens is 12. The lowest BCUT2D eigenvalue weighted by Crippen LogP contribution is -2.70. The molecular weight excluding hydrogens is 712 g/mol. The van der Waals surface area contributed by atoms with E-state index in [9.17, 15) is 62.3 Å². The Labute approximate surface area is 282 Å². The summed E-state index contributed by atoms with van der Waals surface area (Å²) in [5.74, 6) is -46.9. The van der Waals surface area contributed by atoms with Crippen LogP contribution in [0.3, 0.4) is 0 Å². The Balaban J connectivity index is 5.87. The van der Waals surface area contributed by atoms with Crippen LogP contribution >= 0.6 is 0 Å². The van der Waals surface area contributed by atoms with Gasteiger partial charge in [0.25, 0.3) is 0 Å². The van der Waals surface area contributed by atoms with Crippen molar-refractivity contribution in [2.75, 3.05) is 39.6 Å². The molecule has 50 heavy (non-hydrogen) atoms. The first-order valence-electron chi connectivity index (χ1n) is 15.5. The second-order valence-electron chi connectivity index (χ2n) is 11.9. The maximum absolute atomic E-state index is 14.6. The van der Waals surface area contributed by atoms with Gasteiger partial charge in [0.2, 0.25) is 0 Å². The summed E-state index contributed by atoms with van der Waals surface area (Å²) < 4.78 is 187. The van der Waals surface area contributed by atoms with Crippen molar-refractivity contribution in [1.82, 2.24) is 0 Å². The fourth-order valence-corrected chi connectivity index (χ4v) is 4.08. The number of aliphatic hydroxyl groups is 2. The zero-order valence-electron chi connectivity index (χ0n) is 27.6. The lowest BCUT2D eigenvalue weighted by molar-refractivity contribution is -0.426. The Morgan fingerprint density at radius 2 is 1.10 bits per heavy atom. The van der Waals surface area contributed by atoms with Gasteiger partial charge < -0.3 is 24.4 Å². The summed E-state index contributed by atoms with van der Waals surface area (Å²) in [5, 5.41) is 18.0. The van der Waals surface area contributed by atoms with Crippen LogP contribution in [0.1, 0.15) is 71.6 Å². The molecule has 7 nitrogen and oxygen atoms in total. The topological polar surface area (TPSA) is 102 Å². The van der Waals surface area contributed by atoms with E-state index in [1.165, 1.54) is 0 Å². The van der Waals surface area contributed by atoms with E-state index in [4.69, 9.17) is 19.7 Å². The fraction of sp³-hybridized carbons (Fsp3) is 0.806. The van der Waals surface area contributed by atoms with Gasteiger partial charge in [-0.1, -0.05) is 45.8 Å². The van der Waals surface area contributed by atoms with Crippen LogP contribution in [0.5, 0.6) is 0 Å². The van der Waals surface area contributed by atoms with Crippen LogP contribution in [0, 0.1) is 11.8 Å². The summed E-state index contributed by atoms with van der Waals surface area (Å²) in [5.41, 5.74) is -0.655. The molecule has 0 saturated carbocycles. The number of ether oxygens (including phenoxy) is 3. The van der Waals surface area contributed by atoms with Gasteiger partial charge in [-0.2, -0.15) is 52.7 Å². The van der Waals surface area contributed by atoms with Gasteiger partial charge in [-0.05, 0) is 26.2 Å². The first-order chi connectivity index (χ1) is 22.8. The summed E-state index contributed by atoms with van der Waals surface area (Å²) in [6.45, 7) is 6.01. The Kier molecular flexibility index (Phi) is 18.9. The van der Waals surface area contributed by atoms with Crippen LogP contribution in [-0.2, 0) is 23.8 Å². The van der Waals surface area contributed by atoms with Gasteiger partial charge >= 0.3 is 47.5 Å². The minimum Gasteiger partial charge on any atom is -0.462 e. The highest BCUT2D eigenvalue weighted by Gasteiger charge is 2.89. The van der Waals surface area contributed by atoms with E-state index in [0.717, 1.165) is 6.92 Å². The summed E-state index contributed by atoms with van der Waals surface area (Å²) in [7, 11) is 0. The lowest BCUT2D eigenvalue weighted by Gasteiger charge is -2.41. The summed E-state index contributed by atoms with van der Waals surface area (Å²) in [4.78, 5) is 24.0. The SMILES string of the molecule is C=C(C)C(=O)OCC(CCC(F)(F)C(F)(F)C(F)(F)C(F)(F)C(F)(F)C(F)(F)CCCCCCC)COC(=O)C(=C)COCCC(CO)CO. The molecule has 1 atom stereocenters. The van der Waals surface area contributed by atoms with Gasteiger partial charge in [0, 0.05) is 50.1 Å². The number of hydrogen-bond acceptors (Lipinski definition) is 7. The number of aliphatic hydroxyl groups excluding tert-OH is 2. The Hall–Kier alpha value is -2.54. The van der Waals surface area contributed by atoms with E-state index >= 15 is 0 Å². The number of carbonyl (C=O) groups is 2. The lowest BCUT2D eigenvalue weighted by atomic mass is 9.87. The molecule has 19 heteroatoms. The summed E-state index contributed by atoms with van der Waals surface area (Å²) in [6, 6.07) is 0. The van der Waals surface area contributed by atoms with E-state index in [-0.39, 0.29) is 44.7 Å². The number of esters is 2. The van der Waals surface area contributed by atoms with Gasteiger partial charge in [0.1, 0.15) is 0 Å². The van der Waals surface area contributed by atoms with Crippen molar-refractivity contribution in [3.63, 3.8) is 0 Å². The van der Waals surface area contributed by atoms with E-state index in [1.54, 1.807) is 6.92 Å². The molecule has 0 aliphatic heterocycles. The highest BCUT2D eigenvalue weighted by atomic mass is 19.4. The van der Waals surface area contributed by atoms with Gasteiger partial charge in [-0.15, -0.1) is 0 Å². The van der Waals surface area contributed by atoms with Gasteiger partial charge in [0.15, 0.2) is 0 Å². The highest BCUT2D eigenvalue weighted by molar-refractivity contribution is 5.88. The minimum absolute atomic E-state index is 0.0762. The molecule has 0 fully saturated rings. The number of alkyl halides is 12. The third-order valence-electron chi connectivity index (χ3n) is 7.56. The summed E-state index contributed by atoms with van der Waals surface area (Å²) in [6.07, 6.45) is -5.82. The number of hydrogen-bond donors (Lipinski definition) is 2. The third-order valence-corrected chi connectivity index (χ3v) is 7.56. The molecule has 0 spiro atoms. The molecule has 0 radical (unpaired) electrons. The average molecular weight is 757 g/mol. The van der Waals surface area contributed by atoms with Crippen LogP contribution in [0.4, 0.5) is 52.7 Å². The number of rotatable bonds is 27. The van der Waals surface area contributed by atoms with Crippen molar-refractivity contribution in [2.45, 2.75) is 107 Å². The molecule has 0 rings (SSSR count). The van der Waals surface area contributed by atoms with Crippen molar-refractivity contribution in [3.05, 3.63) is 24.3 Å². The second kappa shape index (κ2) is 19.9. The van der Waals surface area contributed by atoms with E-state index in [0.29, 0.717) is 12.8 Å². The Morgan fingerprint density at radius 1 is 0.640 bits per heavy atom. The third kappa shape index (κ3) is 12.3. The molecule has 0 heterocycles. The molecule has 0 aliphatic rings. The zero-order valence-corrected chi connectivity index (χ0v) is 27.6. The van der Waals surface area contributed by atoms with E-state index in [2.05, 4.69) is 17.9 Å². The van der Waals surface area contributed by atoms with E-state index < -0.39 is 110 Å². The first kappa shape index (κ1) is 47.5. The standard InChI is InChI=1S/C31H44F12O7/c1-5-6-7-8-9-12-26(32,33)28(36,37)30(40,41)31(42,43)29(38,39)27(34,35)13-10-23(18-49-24(46)20(2)3)19-50-25(47)21(4)17-48-14-11-22(15-44)16-45/h22-23,44-45H,2,4-19H2,1,3H3. The molecule has 0 aromatic rings. The molecule has 1 unspecified atom stereocenters. The van der Waals surface area contributed by atoms with Crippen molar-refractivity contribution < 1.29 is 86.7 Å².